The third-order valence-electron chi connectivity index (χ3n) is 7.57. The number of piperidine rings is 1. The van der Waals surface area contributed by atoms with Crippen LogP contribution in [0.25, 0.3) is 0 Å². The molecule has 1 atom stereocenters. The van der Waals surface area contributed by atoms with E-state index in [0.717, 1.165) is 60.8 Å². The third-order valence-corrected chi connectivity index (χ3v) is 7.89. The fraction of sp³-hybridized carbons (Fsp3) is 0.379. The van der Waals surface area contributed by atoms with E-state index in [9.17, 15) is 14.0 Å². The van der Waals surface area contributed by atoms with Crippen molar-refractivity contribution in [3.63, 3.8) is 0 Å². The average molecular weight is 536 g/mol. The molecule has 0 spiro atoms. The van der Waals surface area contributed by atoms with Gasteiger partial charge in [0.25, 0.3) is 11.8 Å². The lowest BCUT2D eigenvalue weighted by atomic mass is 10.00. The number of fused-ring (bicyclic) bond motifs is 1. The van der Waals surface area contributed by atoms with Crippen LogP contribution in [0, 0.1) is 19.7 Å². The zero-order valence-electron chi connectivity index (χ0n) is 21.8. The van der Waals surface area contributed by atoms with Gasteiger partial charge in [0.15, 0.2) is 0 Å². The van der Waals surface area contributed by atoms with Gasteiger partial charge in [0.2, 0.25) is 0 Å². The van der Waals surface area contributed by atoms with Gasteiger partial charge >= 0.3 is 0 Å². The number of hydrogen-bond donors (Lipinski definition) is 1. The molecule has 2 heterocycles. The Morgan fingerprint density at radius 1 is 1.08 bits per heavy atom. The second-order valence-electron chi connectivity index (χ2n) is 10.1. The minimum absolute atomic E-state index is 0.0471. The van der Waals surface area contributed by atoms with Crippen molar-refractivity contribution in [1.82, 2.24) is 20.2 Å². The summed E-state index contributed by atoms with van der Waals surface area (Å²) in [4.78, 5) is 39.3. The smallest absolute Gasteiger partial charge is 0.256 e. The first kappa shape index (κ1) is 26.1. The van der Waals surface area contributed by atoms with Crippen LogP contribution in [0.4, 0.5) is 10.2 Å². The van der Waals surface area contributed by atoms with Crippen LogP contribution in [0.15, 0.2) is 42.5 Å². The molecule has 9 heteroatoms. The van der Waals surface area contributed by atoms with Crippen molar-refractivity contribution in [3.8, 4) is 0 Å². The Bertz CT molecular complexity index is 1350. The molecule has 198 valence electrons. The van der Waals surface area contributed by atoms with Crippen LogP contribution in [0.3, 0.4) is 0 Å². The zero-order chi connectivity index (χ0) is 27.0. The van der Waals surface area contributed by atoms with Crippen LogP contribution in [0.5, 0.6) is 0 Å². The van der Waals surface area contributed by atoms with E-state index in [2.05, 4.69) is 20.2 Å². The Labute approximate surface area is 227 Å². The van der Waals surface area contributed by atoms with E-state index in [1.807, 2.05) is 50.1 Å². The molecule has 0 bridgehead atoms. The summed E-state index contributed by atoms with van der Waals surface area (Å²) in [5, 5.41) is 2.99. The summed E-state index contributed by atoms with van der Waals surface area (Å²) in [5.74, 6) is 0.438. The van der Waals surface area contributed by atoms with E-state index in [1.54, 1.807) is 0 Å². The van der Waals surface area contributed by atoms with Crippen molar-refractivity contribution in [1.29, 1.82) is 0 Å². The highest BCUT2D eigenvalue weighted by molar-refractivity contribution is 6.33. The summed E-state index contributed by atoms with van der Waals surface area (Å²) in [5.41, 5.74) is 3.35. The van der Waals surface area contributed by atoms with Gasteiger partial charge in [-0.15, -0.1) is 0 Å². The Hall–Kier alpha value is -3.52. The Morgan fingerprint density at radius 2 is 1.84 bits per heavy atom. The molecule has 38 heavy (non-hydrogen) atoms. The molecule has 5 rings (SSSR count). The Kier molecular flexibility index (Phi) is 7.34. The number of nitrogens with one attached hydrogen (secondary N) is 1. The highest BCUT2D eigenvalue weighted by Crippen LogP contribution is 2.33. The van der Waals surface area contributed by atoms with Gasteiger partial charge in [-0.05, 0) is 74.9 Å². The van der Waals surface area contributed by atoms with Crippen molar-refractivity contribution in [2.24, 2.45) is 0 Å². The van der Waals surface area contributed by atoms with Crippen molar-refractivity contribution in [2.75, 3.05) is 25.0 Å². The van der Waals surface area contributed by atoms with Gasteiger partial charge in [-0.3, -0.25) is 9.59 Å². The number of halogens is 2. The summed E-state index contributed by atoms with van der Waals surface area (Å²) in [6.07, 6.45) is 3.14. The number of hydrogen-bond acceptors (Lipinski definition) is 5. The van der Waals surface area contributed by atoms with E-state index >= 15 is 0 Å². The van der Waals surface area contributed by atoms with Gasteiger partial charge < -0.3 is 15.1 Å². The predicted octanol–water partition coefficient (Wildman–Crippen LogP) is 5.04. The van der Waals surface area contributed by atoms with Gasteiger partial charge in [-0.25, -0.2) is 14.4 Å². The summed E-state index contributed by atoms with van der Waals surface area (Å²) in [6.45, 7) is 5.50. The number of amides is 2. The highest BCUT2D eigenvalue weighted by Gasteiger charge is 2.30. The van der Waals surface area contributed by atoms with Crippen LogP contribution in [0.1, 0.15) is 68.7 Å². The molecule has 0 radical (unpaired) electrons. The molecule has 1 aliphatic carbocycles. The first-order valence-electron chi connectivity index (χ1n) is 12.9. The lowest BCUT2D eigenvalue weighted by Gasteiger charge is -2.37. The van der Waals surface area contributed by atoms with E-state index in [1.165, 1.54) is 18.2 Å². The first-order chi connectivity index (χ1) is 18.2. The maximum Gasteiger partial charge on any atom is 0.256 e. The number of aromatic nitrogens is 2. The van der Waals surface area contributed by atoms with Crippen molar-refractivity contribution >= 4 is 29.2 Å². The standard InChI is InChI=1S/C29H31ClFN5O2/c1-17-15-26(33-18(2)32-17)36-13-11-21(12-14-36)35(3)29(38)20-8-7-19-9-10-25(22(19)16-20)34-28(37)27-23(30)5-4-6-24(27)31/h4-8,15-16,21,25H,9-14H2,1-3H3,(H,34,37)/t25-/m1/s1. The molecule has 1 N–H and O–H groups in total. The highest BCUT2D eigenvalue weighted by atomic mass is 35.5. The number of carbonyl (C=O) groups excluding carboxylic acids is 2. The summed E-state index contributed by atoms with van der Waals surface area (Å²) in [6, 6.07) is 11.7. The normalized spacial score (nSPS) is 17.3. The maximum atomic E-state index is 14.3. The van der Waals surface area contributed by atoms with Crippen molar-refractivity contribution in [2.45, 2.75) is 51.6 Å². The second kappa shape index (κ2) is 10.7. The van der Waals surface area contributed by atoms with Gasteiger partial charge in [-0.2, -0.15) is 0 Å². The number of nitrogens with zero attached hydrogens (tertiary/aromatic N) is 4. The van der Waals surface area contributed by atoms with E-state index in [-0.39, 0.29) is 28.6 Å². The van der Waals surface area contributed by atoms with Crippen molar-refractivity contribution < 1.29 is 14.0 Å². The molecule has 7 nitrogen and oxygen atoms in total. The van der Waals surface area contributed by atoms with Gasteiger partial charge in [0.05, 0.1) is 16.6 Å². The van der Waals surface area contributed by atoms with Crippen molar-refractivity contribution in [3.05, 3.63) is 87.1 Å². The third kappa shape index (κ3) is 5.23. The predicted molar refractivity (Wildman–Crippen MR) is 145 cm³/mol. The Balaban J connectivity index is 1.26. The number of benzene rings is 2. The number of rotatable bonds is 5. The lowest BCUT2D eigenvalue weighted by Crippen LogP contribution is -2.46. The molecule has 2 aromatic carbocycles. The van der Waals surface area contributed by atoms with Gasteiger partial charge in [0, 0.05) is 43.5 Å². The number of aryl methyl sites for hydroxylation is 3. The molecular weight excluding hydrogens is 505 g/mol. The molecule has 0 unspecified atom stereocenters. The monoisotopic (exact) mass is 535 g/mol. The summed E-state index contributed by atoms with van der Waals surface area (Å²) >= 11 is 6.08. The maximum absolute atomic E-state index is 14.3. The van der Waals surface area contributed by atoms with Gasteiger partial charge in [0.1, 0.15) is 17.5 Å². The first-order valence-corrected chi connectivity index (χ1v) is 13.3. The van der Waals surface area contributed by atoms with E-state index in [0.29, 0.717) is 12.0 Å². The molecule has 0 saturated carbocycles. The molecule has 1 saturated heterocycles. The lowest BCUT2D eigenvalue weighted by molar-refractivity contribution is 0.0709. The fourth-order valence-corrected chi connectivity index (χ4v) is 5.79. The Morgan fingerprint density at radius 3 is 2.55 bits per heavy atom. The largest absolute Gasteiger partial charge is 0.356 e. The molecule has 1 aliphatic heterocycles. The molecule has 2 aliphatic rings. The number of anilines is 1. The van der Waals surface area contributed by atoms with Crippen LogP contribution in [-0.2, 0) is 6.42 Å². The SMILES string of the molecule is Cc1cc(N2CCC(N(C)C(=O)c3ccc4c(c3)[C@H](NC(=O)c3c(F)cccc3Cl)CC4)CC2)nc(C)n1. The minimum Gasteiger partial charge on any atom is -0.356 e. The van der Waals surface area contributed by atoms with Crippen LogP contribution in [0.2, 0.25) is 5.02 Å². The second-order valence-corrected chi connectivity index (χ2v) is 10.5. The van der Waals surface area contributed by atoms with Crippen LogP contribution in [-0.4, -0.2) is 52.9 Å². The zero-order valence-corrected chi connectivity index (χ0v) is 22.6. The molecule has 1 aromatic heterocycles. The minimum atomic E-state index is -0.658. The van der Waals surface area contributed by atoms with E-state index < -0.39 is 11.7 Å². The van der Waals surface area contributed by atoms with Gasteiger partial charge in [-0.1, -0.05) is 23.7 Å². The molecule has 2 amide bonds. The summed E-state index contributed by atoms with van der Waals surface area (Å²) in [7, 11) is 1.86. The number of carbonyl (C=O) groups is 2. The fourth-order valence-electron chi connectivity index (χ4n) is 5.54. The topological polar surface area (TPSA) is 78.4 Å². The molecule has 3 aromatic rings. The van der Waals surface area contributed by atoms with Crippen LogP contribution < -0.4 is 10.2 Å². The average Bonchev–Trinajstić information content (AvgIpc) is 3.29. The quantitative estimate of drug-likeness (QED) is 0.495. The molecular formula is C29H31ClFN5O2. The van der Waals surface area contributed by atoms with Crippen LogP contribution >= 0.6 is 11.6 Å². The molecule has 1 fully saturated rings. The van der Waals surface area contributed by atoms with E-state index in [4.69, 9.17) is 11.6 Å². The summed E-state index contributed by atoms with van der Waals surface area (Å²) < 4.78 is 14.3.